The summed E-state index contributed by atoms with van der Waals surface area (Å²) in [7, 11) is 0. The van der Waals surface area contributed by atoms with E-state index in [0.717, 1.165) is 0 Å². The van der Waals surface area contributed by atoms with Crippen LogP contribution >= 0.6 is 0 Å². The maximum atomic E-state index is 12.9. The molecule has 0 spiro atoms. The van der Waals surface area contributed by atoms with Crippen molar-refractivity contribution in [2.75, 3.05) is 13.1 Å². The van der Waals surface area contributed by atoms with Crippen molar-refractivity contribution >= 4 is 24.0 Å². The van der Waals surface area contributed by atoms with Gasteiger partial charge < -0.3 is 37.2 Å². The van der Waals surface area contributed by atoms with Crippen LogP contribution in [0.15, 0.2) is 12.5 Å². The van der Waals surface area contributed by atoms with Gasteiger partial charge in [-0.3, -0.25) is 14.4 Å². The van der Waals surface area contributed by atoms with Gasteiger partial charge in [-0.2, -0.15) is 0 Å². The van der Waals surface area contributed by atoms with Gasteiger partial charge >= 0.3 is 0 Å². The van der Waals surface area contributed by atoms with E-state index in [2.05, 4.69) is 25.9 Å². The molecule has 168 valence electrons. The van der Waals surface area contributed by atoms with Crippen molar-refractivity contribution in [1.82, 2.24) is 25.9 Å². The largest absolute Gasteiger partial charge is 0.348 e. The van der Waals surface area contributed by atoms with Crippen molar-refractivity contribution in [3.8, 4) is 0 Å². The van der Waals surface area contributed by atoms with E-state index in [9.17, 15) is 19.2 Å². The lowest BCUT2D eigenvalue weighted by molar-refractivity contribution is -0.132. The molecular weight excluding hydrogens is 390 g/mol. The number of carbonyl (C=O) groups excluding carboxylic acids is 4. The normalized spacial score (nSPS) is 13.9. The van der Waals surface area contributed by atoms with Crippen LogP contribution in [-0.4, -0.2) is 65.2 Å². The molecule has 0 radical (unpaired) electrons. The first-order chi connectivity index (χ1) is 14.3. The van der Waals surface area contributed by atoms with Gasteiger partial charge in [0, 0.05) is 18.3 Å². The van der Waals surface area contributed by atoms with Crippen LogP contribution < -0.4 is 27.4 Å². The molecule has 0 saturated carbocycles. The second kappa shape index (κ2) is 13.4. The second-order valence-corrected chi connectivity index (χ2v) is 7.37. The Labute approximate surface area is 176 Å². The van der Waals surface area contributed by atoms with Crippen molar-refractivity contribution in [3.05, 3.63) is 18.2 Å². The number of aromatic amines is 1. The lowest BCUT2D eigenvalue weighted by Gasteiger charge is -2.25. The van der Waals surface area contributed by atoms with Crippen LogP contribution in [0.5, 0.6) is 0 Å². The number of hydrogen-bond donors (Lipinski definition) is 6. The summed E-state index contributed by atoms with van der Waals surface area (Å²) in [5, 5.41) is 7.90. The molecule has 30 heavy (non-hydrogen) atoms. The number of amides is 3. The SMILES string of the molecule is CC(C)[C@@H](C=O)NC(=O)[C@H](CCCCN)NC(=O)[C@H](Cc1cnc[nH]1)NC(=O)CN. The van der Waals surface area contributed by atoms with Crippen LogP contribution in [0.3, 0.4) is 0 Å². The zero-order valence-corrected chi connectivity index (χ0v) is 17.5. The van der Waals surface area contributed by atoms with E-state index in [1.54, 1.807) is 0 Å². The highest BCUT2D eigenvalue weighted by Gasteiger charge is 2.28. The van der Waals surface area contributed by atoms with Gasteiger partial charge in [-0.25, -0.2) is 4.98 Å². The van der Waals surface area contributed by atoms with Crippen molar-refractivity contribution in [3.63, 3.8) is 0 Å². The number of unbranched alkanes of at least 4 members (excludes halogenated alkanes) is 1. The van der Waals surface area contributed by atoms with Gasteiger partial charge in [0.1, 0.15) is 18.4 Å². The Morgan fingerprint density at radius 3 is 2.33 bits per heavy atom. The highest BCUT2D eigenvalue weighted by Crippen LogP contribution is 2.06. The number of rotatable bonds is 14. The molecule has 0 unspecified atom stereocenters. The molecule has 0 aliphatic heterocycles. The minimum Gasteiger partial charge on any atom is -0.348 e. The fourth-order valence-electron chi connectivity index (χ4n) is 2.74. The number of aldehydes is 1. The van der Waals surface area contributed by atoms with Gasteiger partial charge in [0.05, 0.1) is 18.9 Å². The van der Waals surface area contributed by atoms with Gasteiger partial charge in [-0.05, 0) is 31.7 Å². The third kappa shape index (κ3) is 8.70. The molecule has 0 aliphatic rings. The van der Waals surface area contributed by atoms with Crippen molar-refractivity contribution < 1.29 is 19.2 Å². The number of nitrogens with one attached hydrogen (secondary N) is 4. The fourth-order valence-corrected chi connectivity index (χ4v) is 2.74. The van der Waals surface area contributed by atoms with E-state index in [1.807, 2.05) is 13.8 Å². The molecule has 3 atom stereocenters. The number of aromatic nitrogens is 2. The molecular formula is C19H33N7O4. The number of hydrogen-bond acceptors (Lipinski definition) is 7. The van der Waals surface area contributed by atoms with Crippen LogP contribution in [0.2, 0.25) is 0 Å². The van der Waals surface area contributed by atoms with Gasteiger partial charge in [-0.15, -0.1) is 0 Å². The summed E-state index contributed by atoms with van der Waals surface area (Å²) in [6.45, 7) is 3.80. The second-order valence-electron chi connectivity index (χ2n) is 7.37. The monoisotopic (exact) mass is 423 g/mol. The molecule has 1 aromatic rings. The summed E-state index contributed by atoms with van der Waals surface area (Å²) >= 11 is 0. The minimum absolute atomic E-state index is 0.0937. The predicted octanol–water partition coefficient (Wildman–Crippen LogP) is -1.65. The standard InChI is InChI=1S/C19H33N7O4/c1-12(2)16(10-27)26-18(29)14(5-3-4-6-20)25-19(30)15(24-17(28)8-21)7-13-9-22-11-23-13/h9-12,14-16H,3-8,20-21H2,1-2H3,(H,22,23)(H,24,28)(H,25,30)(H,26,29)/t14-,15-,16+/m0/s1. The van der Waals surface area contributed by atoms with Crippen LogP contribution in [0.1, 0.15) is 38.8 Å². The molecule has 11 heteroatoms. The quantitative estimate of drug-likeness (QED) is 0.153. The molecule has 0 aromatic carbocycles. The highest BCUT2D eigenvalue weighted by molar-refractivity contribution is 5.93. The minimum atomic E-state index is -0.946. The average Bonchev–Trinajstić information content (AvgIpc) is 3.23. The fraction of sp³-hybridized carbons (Fsp3) is 0.632. The van der Waals surface area contributed by atoms with E-state index >= 15 is 0 Å². The van der Waals surface area contributed by atoms with Crippen molar-refractivity contribution in [1.29, 1.82) is 0 Å². The third-order valence-electron chi connectivity index (χ3n) is 4.57. The molecule has 8 N–H and O–H groups in total. The van der Waals surface area contributed by atoms with E-state index in [4.69, 9.17) is 11.5 Å². The topological polar surface area (TPSA) is 185 Å². The van der Waals surface area contributed by atoms with E-state index in [1.165, 1.54) is 12.5 Å². The summed E-state index contributed by atoms with van der Waals surface area (Å²) in [6.07, 6.45) is 5.47. The summed E-state index contributed by atoms with van der Waals surface area (Å²) in [5.74, 6) is -1.59. The Hall–Kier alpha value is -2.79. The van der Waals surface area contributed by atoms with Crippen LogP contribution in [0.25, 0.3) is 0 Å². The van der Waals surface area contributed by atoms with Crippen LogP contribution in [-0.2, 0) is 25.6 Å². The maximum absolute atomic E-state index is 12.9. The number of carbonyl (C=O) groups is 4. The molecule has 1 rings (SSSR count). The van der Waals surface area contributed by atoms with Crippen LogP contribution in [0.4, 0.5) is 0 Å². The van der Waals surface area contributed by atoms with Crippen LogP contribution in [0, 0.1) is 5.92 Å². The highest BCUT2D eigenvalue weighted by atomic mass is 16.2. The summed E-state index contributed by atoms with van der Waals surface area (Å²) in [5.41, 5.74) is 11.5. The van der Waals surface area contributed by atoms with Gasteiger partial charge in [0.25, 0.3) is 0 Å². The zero-order valence-electron chi connectivity index (χ0n) is 17.5. The molecule has 0 saturated heterocycles. The van der Waals surface area contributed by atoms with Gasteiger partial charge in [-0.1, -0.05) is 13.8 Å². The first kappa shape index (κ1) is 25.2. The Morgan fingerprint density at radius 2 is 1.80 bits per heavy atom. The number of H-pyrrole nitrogens is 1. The lowest BCUT2D eigenvalue weighted by Crippen LogP contribution is -2.56. The maximum Gasteiger partial charge on any atom is 0.243 e. The molecule has 11 nitrogen and oxygen atoms in total. The van der Waals surface area contributed by atoms with E-state index < -0.39 is 35.8 Å². The molecule has 0 bridgehead atoms. The molecule has 1 aromatic heterocycles. The smallest absolute Gasteiger partial charge is 0.243 e. The summed E-state index contributed by atoms with van der Waals surface area (Å²) < 4.78 is 0. The Balaban J connectivity index is 2.92. The van der Waals surface area contributed by atoms with E-state index in [0.29, 0.717) is 37.8 Å². The molecule has 0 fully saturated rings. The zero-order chi connectivity index (χ0) is 22.5. The van der Waals surface area contributed by atoms with Gasteiger partial charge in [0.15, 0.2) is 0 Å². The van der Waals surface area contributed by atoms with Gasteiger partial charge in [0.2, 0.25) is 17.7 Å². The lowest BCUT2D eigenvalue weighted by atomic mass is 10.0. The third-order valence-corrected chi connectivity index (χ3v) is 4.57. The molecule has 3 amide bonds. The van der Waals surface area contributed by atoms with Crippen molar-refractivity contribution in [2.45, 2.75) is 57.7 Å². The molecule has 1 heterocycles. The predicted molar refractivity (Wildman–Crippen MR) is 111 cm³/mol. The summed E-state index contributed by atoms with van der Waals surface area (Å²) in [6, 6.07) is -2.48. The number of nitrogens with zero attached hydrogens (tertiary/aromatic N) is 1. The molecule has 0 aliphatic carbocycles. The Bertz CT molecular complexity index is 678. The average molecular weight is 424 g/mol. The first-order valence-corrected chi connectivity index (χ1v) is 10.0. The van der Waals surface area contributed by atoms with Crippen molar-refractivity contribution in [2.24, 2.45) is 17.4 Å². The Morgan fingerprint density at radius 1 is 1.10 bits per heavy atom. The Kier molecular flexibility index (Phi) is 11.3. The number of imidazole rings is 1. The number of nitrogens with two attached hydrogens (primary N) is 2. The van der Waals surface area contributed by atoms with E-state index in [-0.39, 0.29) is 18.9 Å². The summed E-state index contributed by atoms with van der Waals surface area (Å²) in [4.78, 5) is 55.4. The first-order valence-electron chi connectivity index (χ1n) is 10.0.